The summed E-state index contributed by atoms with van der Waals surface area (Å²) in [5, 5.41) is 3.47. The standard InChI is InChI=1S/C22H26ClFN2O2/c1-4-20(22(28)25-15(2)3)26(14-16-9-11-18(23)12-10-16)21(27)13-17-7-5-6-8-19(17)24/h5-12,15,20H,4,13-14H2,1-3H3,(H,25,28)/t20-/m1/s1. The number of benzene rings is 2. The molecule has 0 aliphatic rings. The van der Waals surface area contributed by atoms with E-state index in [-0.39, 0.29) is 30.8 Å². The normalized spacial score (nSPS) is 11.9. The molecule has 0 saturated carbocycles. The Labute approximate surface area is 170 Å². The van der Waals surface area contributed by atoms with Crippen molar-refractivity contribution in [3.05, 3.63) is 70.5 Å². The molecule has 150 valence electrons. The van der Waals surface area contributed by atoms with Gasteiger partial charge in [0.05, 0.1) is 6.42 Å². The average Bonchev–Trinajstić information content (AvgIpc) is 2.64. The van der Waals surface area contributed by atoms with Gasteiger partial charge in [-0.15, -0.1) is 0 Å². The lowest BCUT2D eigenvalue weighted by molar-refractivity contribution is -0.141. The Morgan fingerprint density at radius 2 is 1.75 bits per heavy atom. The Morgan fingerprint density at radius 1 is 1.11 bits per heavy atom. The Hall–Kier alpha value is -2.40. The average molecular weight is 405 g/mol. The van der Waals surface area contributed by atoms with Crippen molar-refractivity contribution >= 4 is 23.4 Å². The fraction of sp³-hybridized carbons (Fsp3) is 0.364. The van der Waals surface area contributed by atoms with Crippen molar-refractivity contribution in [1.82, 2.24) is 10.2 Å². The van der Waals surface area contributed by atoms with Crippen molar-refractivity contribution in [1.29, 1.82) is 0 Å². The lowest BCUT2D eigenvalue weighted by atomic mass is 10.1. The lowest BCUT2D eigenvalue weighted by Crippen LogP contribution is -2.50. The van der Waals surface area contributed by atoms with E-state index in [0.717, 1.165) is 5.56 Å². The summed E-state index contributed by atoms with van der Waals surface area (Å²) < 4.78 is 14.0. The molecule has 6 heteroatoms. The zero-order chi connectivity index (χ0) is 20.7. The Kier molecular flexibility index (Phi) is 8.00. The van der Waals surface area contributed by atoms with Crippen molar-refractivity contribution < 1.29 is 14.0 Å². The molecule has 0 aliphatic heterocycles. The van der Waals surface area contributed by atoms with E-state index in [4.69, 9.17) is 11.6 Å². The quantitative estimate of drug-likeness (QED) is 0.710. The molecule has 0 radical (unpaired) electrons. The molecule has 2 aromatic rings. The molecule has 0 saturated heterocycles. The lowest BCUT2D eigenvalue weighted by Gasteiger charge is -2.31. The van der Waals surface area contributed by atoms with Gasteiger partial charge in [-0.1, -0.05) is 48.9 Å². The first-order valence-electron chi connectivity index (χ1n) is 9.39. The summed E-state index contributed by atoms with van der Waals surface area (Å²) in [6, 6.07) is 12.6. The van der Waals surface area contributed by atoms with E-state index in [1.54, 1.807) is 30.3 Å². The maximum Gasteiger partial charge on any atom is 0.243 e. The van der Waals surface area contributed by atoms with Gasteiger partial charge in [-0.2, -0.15) is 0 Å². The minimum absolute atomic E-state index is 0.0411. The summed E-state index contributed by atoms with van der Waals surface area (Å²) in [7, 11) is 0. The summed E-state index contributed by atoms with van der Waals surface area (Å²) >= 11 is 5.95. The van der Waals surface area contributed by atoms with E-state index >= 15 is 0 Å². The highest BCUT2D eigenvalue weighted by atomic mass is 35.5. The first kappa shape index (κ1) is 21.9. The minimum atomic E-state index is -0.641. The first-order chi connectivity index (χ1) is 13.3. The Morgan fingerprint density at radius 3 is 2.32 bits per heavy atom. The maximum absolute atomic E-state index is 14.0. The van der Waals surface area contributed by atoms with E-state index in [2.05, 4.69) is 5.32 Å². The van der Waals surface area contributed by atoms with Gasteiger partial charge in [0.15, 0.2) is 0 Å². The molecule has 0 aromatic heterocycles. The van der Waals surface area contributed by atoms with Gasteiger partial charge >= 0.3 is 0 Å². The van der Waals surface area contributed by atoms with Gasteiger partial charge < -0.3 is 10.2 Å². The van der Waals surface area contributed by atoms with E-state index in [1.807, 2.05) is 32.9 Å². The predicted octanol–water partition coefficient (Wildman–Crippen LogP) is 4.35. The van der Waals surface area contributed by atoms with Crippen LogP contribution in [0.4, 0.5) is 4.39 Å². The largest absolute Gasteiger partial charge is 0.352 e. The van der Waals surface area contributed by atoms with Crippen LogP contribution in [0.3, 0.4) is 0 Å². The SMILES string of the molecule is CC[C@H](C(=O)NC(C)C)N(Cc1ccc(Cl)cc1)C(=O)Cc1ccccc1F. The van der Waals surface area contributed by atoms with Crippen molar-refractivity contribution in [2.45, 2.75) is 52.2 Å². The number of nitrogens with one attached hydrogen (secondary N) is 1. The smallest absolute Gasteiger partial charge is 0.243 e. The van der Waals surface area contributed by atoms with Crippen LogP contribution in [-0.4, -0.2) is 28.8 Å². The van der Waals surface area contributed by atoms with Crippen LogP contribution in [0.1, 0.15) is 38.3 Å². The van der Waals surface area contributed by atoms with Gasteiger partial charge in [0.2, 0.25) is 11.8 Å². The van der Waals surface area contributed by atoms with E-state index in [0.29, 0.717) is 17.0 Å². The highest BCUT2D eigenvalue weighted by Gasteiger charge is 2.29. The molecule has 2 rings (SSSR count). The molecule has 0 bridgehead atoms. The van der Waals surface area contributed by atoms with Gasteiger partial charge in [-0.25, -0.2) is 4.39 Å². The summed E-state index contributed by atoms with van der Waals surface area (Å²) in [5.74, 6) is -0.943. The number of halogens is 2. The fourth-order valence-electron chi connectivity index (χ4n) is 2.99. The highest BCUT2D eigenvalue weighted by Crippen LogP contribution is 2.17. The summed E-state index contributed by atoms with van der Waals surface area (Å²) in [5.41, 5.74) is 1.16. The van der Waals surface area contributed by atoms with Crippen molar-refractivity contribution in [3.63, 3.8) is 0 Å². The van der Waals surface area contributed by atoms with Crippen LogP contribution in [-0.2, 0) is 22.6 Å². The molecule has 0 fully saturated rings. The Balaban J connectivity index is 2.30. The third-order valence-corrected chi connectivity index (χ3v) is 4.63. The molecule has 0 aliphatic carbocycles. The molecule has 1 N–H and O–H groups in total. The molecule has 2 aromatic carbocycles. The molecule has 28 heavy (non-hydrogen) atoms. The number of carbonyl (C=O) groups is 2. The van der Waals surface area contributed by atoms with Gasteiger partial charge in [-0.05, 0) is 49.6 Å². The number of amides is 2. The molecule has 0 heterocycles. The van der Waals surface area contributed by atoms with E-state index < -0.39 is 11.9 Å². The predicted molar refractivity (Wildman–Crippen MR) is 109 cm³/mol. The van der Waals surface area contributed by atoms with E-state index in [1.165, 1.54) is 11.0 Å². The molecular formula is C22H26ClFN2O2. The first-order valence-corrected chi connectivity index (χ1v) is 9.77. The van der Waals surface area contributed by atoms with Gasteiger partial charge in [-0.3, -0.25) is 9.59 Å². The Bertz CT molecular complexity index is 808. The van der Waals surface area contributed by atoms with Gasteiger partial charge in [0.1, 0.15) is 11.9 Å². The number of nitrogens with zero attached hydrogens (tertiary/aromatic N) is 1. The topological polar surface area (TPSA) is 49.4 Å². The molecular weight excluding hydrogens is 379 g/mol. The zero-order valence-corrected chi connectivity index (χ0v) is 17.2. The molecule has 4 nitrogen and oxygen atoms in total. The number of rotatable bonds is 8. The van der Waals surface area contributed by atoms with Gasteiger partial charge in [0.25, 0.3) is 0 Å². The van der Waals surface area contributed by atoms with Gasteiger partial charge in [0, 0.05) is 17.6 Å². The van der Waals surface area contributed by atoms with Crippen LogP contribution in [0.25, 0.3) is 0 Å². The zero-order valence-electron chi connectivity index (χ0n) is 16.4. The van der Waals surface area contributed by atoms with Crippen LogP contribution in [0, 0.1) is 5.82 Å². The van der Waals surface area contributed by atoms with Crippen molar-refractivity contribution in [2.75, 3.05) is 0 Å². The second-order valence-corrected chi connectivity index (χ2v) is 7.44. The molecule has 0 spiro atoms. The second-order valence-electron chi connectivity index (χ2n) is 7.00. The van der Waals surface area contributed by atoms with Crippen LogP contribution in [0.15, 0.2) is 48.5 Å². The monoisotopic (exact) mass is 404 g/mol. The number of carbonyl (C=O) groups excluding carboxylic acids is 2. The van der Waals surface area contributed by atoms with Crippen LogP contribution in [0.5, 0.6) is 0 Å². The van der Waals surface area contributed by atoms with Crippen molar-refractivity contribution in [3.8, 4) is 0 Å². The molecule has 2 amide bonds. The van der Waals surface area contributed by atoms with Crippen molar-refractivity contribution in [2.24, 2.45) is 0 Å². The maximum atomic E-state index is 14.0. The fourth-order valence-corrected chi connectivity index (χ4v) is 3.12. The second kappa shape index (κ2) is 10.2. The molecule has 1 atom stereocenters. The van der Waals surface area contributed by atoms with Crippen LogP contribution < -0.4 is 5.32 Å². The number of hydrogen-bond acceptors (Lipinski definition) is 2. The third-order valence-electron chi connectivity index (χ3n) is 4.38. The third kappa shape index (κ3) is 6.06. The minimum Gasteiger partial charge on any atom is -0.352 e. The van der Waals surface area contributed by atoms with Crippen LogP contribution >= 0.6 is 11.6 Å². The summed E-state index contributed by atoms with van der Waals surface area (Å²) in [4.78, 5) is 27.3. The molecule has 0 unspecified atom stereocenters. The highest BCUT2D eigenvalue weighted by molar-refractivity contribution is 6.30. The number of hydrogen-bond donors (Lipinski definition) is 1. The van der Waals surface area contributed by atoms with E-state index in [9.17, 15) is 14.0 Å². The summed E-state index contributed by atoms with van der Waals surface area (Å²) in [6.45, 7) is 5.84. The summed E-state index contributed by atoms with van der Waals surface area (Å²) in [6.07, 6.45) is 0.348. The van der Waals surface area contributed by atoms with Crippen LogP contribution in [0.2, 0.25) is 5.02 Å².